The molecule has 3 aliphatic rings. The largest absolute Gasteiger partial charge is 0.228 e. The Kier molecular flexibility index (Phi) is 5.41. The van der Waals surface area contributed by atoms with Crippen LogP contribution in [0.2, 0.25) is 0 Å². The fraction of sp³-hybridized carbons (Fsp3) is 0.0833. The highest BCUT2D eigenvalue weighted by atomic mass is 14.9. The van der Waals surface area contributed by atoms with Gasteiger partial charge in [-0.15, -0.1) is 0 Å². The van der Waals surface area contributed by atoms with Crippen LogP contribution in [0.25, 0.3) is 66.9 Å². The van der Waals surface area contributed by atoms with Crippen molar-refractivity contribution in [1.29, 1.82) is 0 Å². The van der Waals surface area contributed by atoms with Crippen molar-refractivity contribution in [2.24, 2.45) is 0 Å². The Morgan fingerprint density at radius 2 is 0.920 bits per heavy atom. The number of aromatic nitrogens is 2. The lowest BCUT2D eigenvalue weighted by atomic mass is 9.70. The van der Waals surface area contributed by atoms with Crippen molar-refractivity contribution in [3.8, 4) is 56.0 Å². The number of nitrogens with zero attached hydrogens (tertiary/aromatic N) is 2. The molecule has 0 aliphatic heterocycles. The minimum absolute atomic E-state index is 0.0975. The van der Waals surface area contributed by atoms with Gasteiger partial charge in [-0.05, 0) is 78.9 Å². The van der Waals surface area contributed by atoms with Gasteiger partial charge in [-0.1, -0.05) is 159 Å². The summed E-state index contributed by atoms with van der Waals surface area (Å²) in [7, 11) is 0. The van der Waals surface area contributed by atoms with Gasteiger partial charge in [0.05, 0.1) is 16.6 Å². The molecule has 234 valence electrons. The standard InChI is InChI=1S/C48H32N2/c1-47(2)37-20-8-3-14-30(37)33-27-26-29(28-42(33)47)45-35-18-7-12-25-43(35)49-46(50-45)36-19-13-24-41-44(36)34-17-6-11-23-40(34)48(41)38-21-9-4-15-31(38)32-16-5-10-22-39(32)48/h3-28H,1-2H3. The van der Waals surface area contributed by atoms with Gasteiger partial charge in [0, 0.05) is 21.9 Å². The van der Waals surface area contributed by atoms with E-state index in [0.29, 0.717) is 0 Å². The van der Waals surface area contributed by atoms with E-state index in [1.54, 1.807) is 0 Å². The summed E-state index contributed by atoms with van der Waals surface area (Å²) >= 11 is 0. The van der Waals surface area contributed by atoms with Crippen molar-refractivity contribution in [1.82, 2.24) is 9.97 Å². The maximum atomic E-state index is 5.51. The second-order valence-corrected chi connectivity index (χ2v) is 14.5. The normalized spacial score (nSPS) is 14.9. The van der Waals surface area contributed by atoms with Gasteiger partial charge in [0.1, 0.15) is 0 Å². The second-order valence-electron chi connectivity index (χ2n) is 14.5. The van der Waals surface area contributed by atoms with E-state index in [1.165, 1.54) is 66.8 Å². The third kappa shape index (κ3) is 3.38. The van der Waals surface area contributed by atoms with Crippen molar-refractivity contribution < 1.29 is 0 Å². The highest BCUT2D eigenvalue weighted by Crippen LogP contribution is 2.63. The van der Waals surface area contributed by atoms with Crippen LogP contribution < -0.4 is 0 Å². The molecule has 50 heavy (non-hydrogen) atoms. The number of para-hydroxylation sites is 1. The number of benzene rings is 7. The molecular weight excluding hydrogens is 605 g/mol. The van der Waals surface area contributed by atoms with Crippen molar-refractivity contribution in [2.75, 3.05) is 0 Å². The molecule has 0 amide bonds. The summed E-state index contributed by atoms with van der Waals surface area (Å²) in [4.78, 5) is 10.8. The molecule has 0 saturated heterocycles. The van der Waals surface area contributed by atoms with E-state index in [4.69, 9.17) is 9.97 Å². The number of rotatable bonds is 2. The summed E-state index contributed by atoms with van der Waals surface area (Å²) < 4.78 is 0. The number of fused-ring (bicyclic) bond motifs is 14. The zero-order valence-corrected chi connectivity index (χ0v) is 27.9. The molecule has 0 saturated carbocycles. The molecule has 0 N–H and O–H groups in total. The van der Waals surface area contributed by atoms with E-state index in [1.807, 2.05) is 0 Å². The molecule has 3 aliphatic carbocycles. The van der Waals surface area contributed by atoms with Crippen LogP contribution in [-0.4, -0.2) is 9.97 Å². The lowest BCUT2D eigenvalue weighted by molar-refractivity contribution is 0.660. The topological polar surface area (TPSA) is 25.8 Å². The SMILES string of the molecule is CC1(C)c2ccccc2-c2ccc(-c3nc(-c4cccc5c4-c4ccccc4C54c5ccccc5-c5ccccc54)nc4ccccc34)cc21. The molecule has 2 nitrogen and oxygen atoms in total. The zero-order chi connectivity index (χ0) is 33.2. The molecule has 0 atom stereocenters. The molecule has 2 heteroatoms. The first-order chi connectivity index (χ1) is 24.6. The zero-order valence-electron chi connectivity index (χ0n) is 27.9. The molecule has 1 aromatic heterocycles. The lowest BCUT2D eigenvalue weighted by Crippen LogP contribution is -2.25. The summed E-state index contributed by atoms with van der Waals surface area (Å²) in [6.07, 6.45) is 0. The van der Waals surface area contributed by atoms with Crippen molar-refractivity contribution in [3.05, 3.63) is 191 Å². The molecule has 7 aromatic carbocycles. The number of hydrogen-bond donors (Lipinski definition) is 0. The summed E-state index contributed by atoms with van der Waals surface area (Å²) in [6.45, 7) is 4.68. The van der Waals surface area contributed by atoms with Gasteiger partial charge in [-0.2, -0.15) is 0 Å². The molecule has 0 bridgehead atoms. The summed E-state index contributed by atoms with van der Waals surface area (Å²) in [5, 5.41) is 1.06. The Hall–Kier alpha value is -6.12. The van der Waals surface area contributed by atoms with Crippen LogP contribution >= 0.6 is 0 Å². The molecule has 1 spiro atoms. The Morgan fingerprint density at radius 3 is 1.64 bits per heavy atom. The van der Waals surface area contributed by atoms with Crippen LogP contribution in [0.5, 0.6) is 0 Å². The highest BCUT2D eigenvalue weighted by molar-refractivity contribution is 6.01. The van der Waals surface area contributed by atoms with E-state index in [2.05, 4.69) is 172 Å². The predicted octanol–water partition coefficient (Wildman–Crippen LogP) is 11.6. The minimum Gasteiger partial charge on any atom is -0.228 e. The van der Waals surface area contributed by atoms with Gasteiger partial charge in [0.2, 0.25) is 0 Å². The number of hydrogen-bond acceptors (Lipinski definition) is 2. The molecule has 0 unspecified atom stereocenters. The van der Waals surface area contributed by atoms with Crippen LogP contribution in [0, 0.1) is 0 Å². The lowest BCUT2D eigenvalue weighted by Gasteiger charge is -2.30. The van der Waals surface area contributed by atoms with E-state index in [0.717, 1.165) is 33.5 Å². The quantitative estimate of drug-likeness (QED) is 0.189. The average Bonchev–Trinajstić information content (AvgIpc) is 3.73. The molecule has 8 aromatic rings. The smallest absolute Gasteiger partial charge is 0.161 e. The molecule has 0 fully saturated rings. The fourth-order valence-electron chi connectivity index (χ4n) is 9.60. The van der Waals surface area contributed by atoms with Gasteiger partial charge in [0.15, 0.2) is 5.82 Å². The summed E-state index contributed by atoms with van der Waals surface area (Å²) in [6, 6.07) is 57.9. The maximum absolute atomic E-state index is 5.51. The van der Waals surface area contributed by atoms with Crippen LogP contribution in [0.15, 0.2) is 158 Å². The first-order valence-electron chi connectivity index (χ1n) is 17.5. The fourth-order valence-corrected chi connectivity index (χ4v) is 9.60. The van der Waals surface area contributed by atoms with Gasteiger partial charge in [0.25, 0.3) is 0 Å². The Morgan fingerprint density at radius 1 is 0.400 bits per heavy atom. The summed E-state index contributed by atoms with van der Waals surface area (Å²) in [5.41, 5.74) is 19.3. The monoisotopic (exact) mass is 636 g/mol. The molecule has 1 heterocycles. The van der Waals surface area contributed by atoms with Gasteiger partial charge in [-0.25, -0.2) is 9.97 Å². The molecule has 0 radical (unpaired) electrons. The van der Waals surface area contributed by atoms with E-state index >= 15 is 0 Å². The Labute approximate surface area is 291 Å². The molecule has 11 rings (SSSR count). The van der Waals surface area contributed by atoms with E-state index < -0.39 is 5.41 Å². The Bertz CT molecular complexity index is 2700. The van der Waals surface area contributed by atoms with E-state index in [9.17, 15) is 0 Å². The summed E-state index contributed by atoms with van der Waals surface area (Å²) in [5.74, 6) is 0.755. The second kappa shape index (κ2) is 9.74. The van der Waals surface area contributed by atoms with Crippen molar-refractivity contribution in [3.63, 3.8) is 0 Å². The van der Waals surface area contributed by atoms with Crippen LogP contribution in [0.3, 0.4) is 0 Å². The average molecular weight is 637 g/mol. The van der Waals surface area contributed by atoms with E-state index in [-0.39, 0.29) is 5.41 Å². The van der Waals surface area contributed by atoms with Crippen molar-refractivity contribution in [2.45, 2.75) is 24.7 Å². The third-order valence-electron chi connectivity index (χ3n) is 11.7. The van der Waals surface area contributed by atoms with Crippen molar-refractivity contribution >= 4 is 10.9 Å². The van der Waals surface area contributed by atoms with Crippen LogP contribution in [-0.2, 0) is 10.8 Å². The van der Waals surface area contributed by atoms with Gasteiger partial charge < -0.3 is 0 Å². The van der Waals surface area contributed by atoms with Gasteiger partial charge in [-0.3, -0.25) is 0 Å². The molecular formula is C48H32N2. The third-order valence-corrected chi connectivity index (χ3v) is 11.7. The van der Waals surface area contributed by atoms with Crippen LogP contribution in [0.1, 0.15) is 47.2 Å². The maximum Gasteiger partial charge on any atom is 0.161 e. The first kappa shape index (κ1) is 27.8. The van der Waals surface area contributed by atoms with Crippen LogP contribution in [0.4, 0.5) is 0 Å². The minimum atomic E-state index is -0.407. The highest BCUT2D eigenvalue weighted by Gasteiger charge is 2.52. The Balaban J connectivity index is 1.18. The predicted molar refractivity (Wildman–Crippen MR) is 204 cm³/mol. The van der Waals surface area contributed by atoms with Gasteiger partial charge >= 0.3 is 0 Å². The first-order valence-corrected chi connectivity index (χ1v) is 17.5.